The summed E-state index contributed by atoms with van der Waals surface area (Å²) < 4.78 is 17.4. The molecule has 0 rings (SSSR count). The Labute approximate surface area is 404 Å². The van der Waals surface area contributed by atoms with Gasteiger partial charge in [0.05, 0.1) is 34.4 Å². The summed E-state index contributed by atoms with van der Waals surface area (Å²) in [5, 5.41) is 9.67. The van der Waals surface area contributed by atoms with Gasteiger partial charge in [-0.3, -0.25) is 9.59 Å². The van der Waals surface area contributed by atoms with Crippen LogP contribution in [-0.4, -0.2) is 80.6 Å². The molecule has 0 aromatic carbocycles. The third kappa shape index (κ3) is 47.2. The van der Waals surface area contributed by atoms with Crippen molar-refractivity contribution in [2.24, 2.45) is 0 Å². The van der Waals surface area contributed by atoms with Crippen LogP contribution in [0.4, 0.5) is 0 Å². The summed E-state index contributed by atoms with van der Waals surface area (Å²) in [7, 11) is 5.56. The highest BCUT2D eigenvalue weighted by Gasteiger charge is 2.31. The van der Waals surface area contributed by atoms with Crippen LogP contribution in [0.1, 0.15) is 296 Å². The molecular weight excluding hydrogens is 811 g/mol. The first kappa shape index (κ1) is 63.3. The van der Waals surface area contributed by atoms with Crippen LogP contribution in [-0.2, 0) is 28.6 Å². The standard InChI is InChI=1S/C57H111NO7/c1-6-8-10-12-14-16-18-20-22-24-26-27-28-29-30-32-34-36-38-40-42-44-46-48-56(60)65-53(51-63-50-49-54(57(61)62)58(3,4)5)52-64-55(59)47-45-43-41-39-37-35-33-31-25-23-21-19-17-15-13-11-9-7-2/h53-54H,6-52H2,1-5H3/p+1. The monoisotopic (exact) mass is 923 g/mol. The molecule has 0 amide bonds. The van der Waals surface area contributed by atoms with Gasteiger partial charge in [-0.15, -0.1) is 0 Å². The lowest BCUT2D eigenvalue weighted by Crippen LogP contribution is -2.50. The lowest BCUT2D eigenvalue weighted by molar-refractivity contribution is -0.887. The Kier molecular flexibility index (Phi) is 47.5. The van der Waals surface area contributed by atoms with E-state index in [1.165, 1.54) is 225 Å². The summed E-state index contributed by atoms with van der Waals surface area (Å²) in [5.41, 5.74) is 0. The molecule has 0 radical (unpaired) electrons. The molecule has 0 saturated carbocycles. The zero-order valence-electron chi connectivity index (χ0n) is 44.2. The van der Waals surface area contributed by atoms with E-state index >= 15 is 0 Å². The van der Waals surface area contributed by atoms with Gasteiger partial charge < -0.3 is 23.8 Å². The Morgan fingerprint density at radius 2 is 0.677 bits per heavy atom. The molecule has 0 saturated heterocycles. The van der Waals surface area contributed by atoms with Crippen molar-refractivity contribution in [3.05, 3.63) is 0 Å². The van der Waals surface area contributed by atoms with Crippen LogP contribution < -0.4 is 0 Å². The van der Waals surface area contributed by atoms with Gasteiger partial charge in [-0.1, -0.05) is 264 Å². The van der Waals surface area contributed by atoms with E-state index in [0.29, 0.717) is 19.3 Å². The number of carboxylic acid groups (broad SMARTS) is 1. The van der Waals surface area contributed by atoms with Crippen molar-refractivity contribution in [1.82, 2.24) is 0 Å². The van der Waals surface area contributed by atoms with Crippen molar-refractivity contribution in [3.63, 3.8) is 0 Å². The molecule has 1 N–H and O–H groups in total. The van der Waals surface area contributed by atoms with Crippen LogP contribution in [0.15, 0.2) is 0 Å². The summed E-state index contributed by atoms with van der Waals surface area (Å²) in [6, 6.07) is -0.609. The van der Waals surface area contributed by atoms with Gasteiger partial charge in [-0.05, 0) is 12.8 Å². The molecule has 386 valence electrons. The zero-order chi connectivity index (χ0) is 47.7. The van der Waals surface area contributed by atoms with Gasteiger partial charge in [0.1, 0.15) is 6.61 Å². The Bertz CT molecular complexity index is 1030. The van der Waals surface area contributed by atoms with Crippen molar-refractivity contribution >= 4 is 17.9 Å². The SMILES string of the molecule is CCCCCCCCCCCCCCCCCCCCCCCCCC(=O)OC(COCCC(C(=O)O)[N+](C)(C)C)COC(=O)CCCCCCCCCCCCCCCCCCCC. The predicted octanol–water partition coefficient (Wildman–Crippen LogP) is 16.8. The van der Waals surface area contributed by atoms with E-state index in [4.69, 9.17) is 14.2 Å². The maximum atomic E-state index is 12.8. The molecule has 0 bridgehead atoms. The molecule has 2 atom stereocenters. The van der Waals surface area contributed by atoms with E-state index in [-0.39, 0.29) is 36.2 Å². The van der Waals surface area contributed by atoms with Gasteiger partial charge in [0.2, 0.25) is 0 Å². The molecule has 0 aliphatic carbocycles. The molecule has 0 aliphatic heterocycles. The van der Waals surface area contributed by atoms with E-state index in [0.717, 1.165) is 38.5 Å². The highest BCUT2D eigenvalue weighted by Crippen LogP contribution is 2.18. The van der Waals surface area contributed by atoms with Gasteiger partial charge >= 0.3 is 17.9 Å². The van der Waals surface area contributed by atoms with Crippen molar-refractivity contribution in [1.29, 1.82) is 0 Å². The summed E-state index contributed by atoms with van der Waals surface area (Å²) in [4.78, 5) is 37.2. The minimum Gasteiger partial charge on any atom is -0.477 e. The van der Waals surface area contributed by atoms with Crippen LogP contribution >= 0.6 is 0 Å². The molecule has 0 fully saturated rings. The summed E-state index contributed by atoms with van der Waals surface area (Å²) >= 11 is 0. The first-order valence-electron chi connectivity index (χ1n) is 28.6. The molecule has 0 spiro atoms. The topological polar surface area (TPSA) is 99.1 Å². The van der Waals surface area contributed by atoms with Crippen LogP contribution in [0, 0.1) is 0 Å². The molecule has 8 heteroatoms. The number of rotatable bonds is 53. The summed E-state index contributed by atoms with van der Waals surface area (Å²) in [5.74, 6) is -1.43. The Morgan fingerprint density at radius 1 is 0.400 bits per heavy atom. The van der Waals surface area contributed by atoms with Crippen LogP contribution in [0.2, 0.25) is 0 Å². The van der Waals surface area contributed by atoms with E-state index in [2.05, 4.69) is 13.8 Å². The smallest absolute Gasteiger partial charge is 0.362 e. The lowest BCUT2D eigenvalue weighted by Gasteiger charge is -2.31. The van der Waals surface area contributed by atoms with Crippen molar-refractivity contribution in [2.75, 3.05) is 41.0 Å². The Balaban J connectivity index is 4.11. The average Bonchev–Trinajstić information content (AvgIpc) is 3.27. The fourth-order valence-electron chi connectivity index (χ4n) is 9.10. The number of likely N-dealkylation sites (N-methyl/N-ethyl adjacent to an activating group) is 1. The third-order valence-corrected chi connectivity index (χ3v) is 13.5. The second-order valence-corrected chi connectivity index (χ2v) is 20.9. The number of hydrogen-bond acceptors (Lipinski definition) is 6. The van der Waals surface area contributed by atoms with E-state index in [9.17, 15) is 19.5 Å². The number of carbonyl (C=O) groups is 3. The van der Waals surface area contributed by atoms with Crippen molar-refractivity contribution in [3.8, 4) is 0 Å². The molecule has 65 heavy (non-hydrogen) atoms. The molecule has 0 aromatic rings. The molecule has 8 nitrogen and oxygen atoms in total. The van der Waals surface area contributed by atoms with Crippen LogP contribution in [0.5, 0.6) is 0 Å². The van der Waals surface area contributed by atoms with Gasteiger partial charge in [0, 0.05) is 19.3 Å². The number of hydrogen-bond donors (Lipinski definition) is 1. The number of nitrogens with zero attached hydrogens (tertiary/aromatic N) is 1. The number of esters is 2. The normalized spacial score (nSPS) is 12.7. The number of carboxylic acids is 1. The number of ether oxygens (including phenoxy) is 3. The van der Waals surface area contributed by atoms with E-state index in [1.54, 1.807) is 0 Å². The number of quaternary nitrogens is 1. The van der Waals surface area contributed by atoms with Gasteiger partial charge in [-0.25, -0.2) is 4.79 Å². The van der Waals surface area contributed by atoms with Crippen molar-refractivity contribution in [2.45, 2.75) is 309 Å². The minimum absolute atomic E-state index is 0.0410. The summed E-state index contributed by atoms with van der Waals surface area (Å²) in [6.07, 6.45) is 54.5. The lowest BCUT2D eigenvalue weighted by atomic mass is 10.0. The minimum atomic E-state index is -0.868. The third-order valence-electron chi connectivity index (χ3n) is 13.5. The maximum absolute atomic E-state index is 12.8. The number of carbonyl (C=O) groups excluding carboxylic acids is 2. The predicted molar refractivity (Wildman–Crippen MR) is 276 cm³/mol. The Hall–Kier alpha value is -1.67. The Morgan fingerprint density at radius 3 is 0.954 bits per heavy atom. The largest absolute Gasteiger partial charge is 0.477 e. The average molecular weight is 924 g/mol. The zero-order valence-corrected chi connectivity index (χ0v) is 44.2. The molecule has 2 unspecified atom stereocenters. The van der Waals surface area contributed by atoms with Gasteiger partial charge in [-0.2, -0.15) is 0 Å². The molecule has 0 heterocycles. The highest BCUT2D eigenvalue weighted by atomic mass is 16.6. The van der Waals surface area contributed by atoms with Crippen LogP contribution in [0.25, 0.3) is 0 Å². The first-order valence-corrected chi connectivity index (χ1v) is 28.6. The first-order chi connectivity index (χ1) is 31.6. The fourth-order valence-corrected chi connectivity index (χ4v) is 9.10. The number of unbranched alkanes of at least 4 members (excludes halogenated alkanes) is 39. The van der Waals surface area contributed by atoms with Gasteiger partial charge in [0.15, 0.2) is 12.1 Å². The van der Waals surface area contributed by atoms with Gasteiger partial charge in [0.25, 0.3) is 0 Å². The fraction of sp³-hybridized carbons (Fsp3) is 0.947. The van der Waals surface area contributed by atoms with E-state index in [1.807, 2.05) is 21.1 Å². The second-order valence-electron chi connectivity index (χ2n) is 20.9. The van der Waals surface area contributed by atoms with Crippen molar-refractivity contribution < 1.29 is 38.2 Å². The quantitative estimate of drug-likeness (QED) is 0.0368. The molecule has 0 aliphatic rings. The van der Waals surface area contributed by atoms with Crippen LogP contribution in [0.3, 0.4) is 0 Å². The molecular formula is C57H112NO7+. The van der Waals surface area contributed by atoms with E-state index < -0.39 is 18.1 Å². The highest BCUT2D eigenvalue weighted by molar-refractivity contribution is 5.72. The summed E-state index contributed by atoms with van der Waals surface area (Å²) in [6.45, 7) is 4.81. The number of aliphatic carboxylic acids is 1. The maximum Gasteiger partial charge on any atom is 0.362 e. The molecule has 0 aromatic heterocycles. The second kappa shape index (κ2) is 48.8.